The number of nitrogens with zero attached hydrogens (tertiary/aromatic N) is 2. The lowest BCUT2D eigenvalue weighted by Gasteiger charge is -2.15. The van der Waals surface area contributed by atoms with Crippen LogP contribution in [-0.2, 0) is 6.42 Å². The lowest BCUT2D eigenvalue weighted by atomic mass is 10.1. The number of nitrogen functional groups attached to an aromatic ring is 1. The molecule has 0 aliphatic rings. The van der Waals surface area contributed by atoms with Crippen LogP contribution in [-0.4, -0.2) is 9.97 Å². The van der Waals surface area contributed by atoms with Gasteiger partial charge in [0.05, 0.1) is 0 Å². The van der Waals surface area contributed by atoms with E-state index in [1.54, 1.807) is 6.07 Å². The summed E-state index contributed by atoms with van der Waals surface area (Å²) in [5, 5.41) is 0. The number of anilines is 1. The largest absolute Gasteiger partial charge is 0.470 e. The smallest absolute Gasteiger partial charge is 0.219 e. The van der Waals surface area contributed by atoms with Gasteiger partial charge in [0.2, 0.25) is 5.88 Å². The van der Waals surface area contributed by atoms with E-state index in [1.807, 2.05) is 37.3 Å². The number of nitrogens with two attached hydrogens (primary N) is 1. The molecule has 0 aliphatic carbocycles. The van der Waals surface area contributed by atoms with Crippen LogP contribution in [0.3, 0.4) is 0 Å². The van der Waals surface area contributed by atoms with E-state index in [1.165, 1.54) is 0 Å². The van der Waals surface area contributed by atoms with E-state index in [-0.39, 0.29) is 6.10 Å². The lowest BCUT2D eigenvalue weighted by Crippen LogP contribution is -2.07. The highest BCUT2D eigenvalue weighted by Gasteiger charge is 2.09. The number of ether oxygens (including phenoxy) is 1. The van der Waals surface area contributed by atoms with Crippen molar-refractivity contribution in [3.63, 3.8) is 0 Å². The molecule has 2 aromatic rings. The Kier molecular flexibility index (Phi) is 4.34. The van der Waals surface area contributed by atoms with Gasteiger partial charge in [-0.1, -0.05) is 37.3 Å². The maximum absolute atomic E-state index is 5.84. The van der Waals surface area contributed by atoms with Crippen LogP contribution in [0.4, 0.5) is 5.82 Å². The molecule has 2 rings (SSSR count). The molecule has 0 aliphatic heterocycles. The Morgan fingerprint density at radius 3 is 2.63 bits per heavy atom. The molecule has 1 aromatic heterocycles. The van der Waals surface area contributed by atoms with E-state index < -0.39 is 0 Å². The Balaban J connectivity index is 2.14. The van der Waals surface area contributed by atoms with Gasteiger partial charge in [-0.25, -0.2) is 4.98 Å². The maximum atomic E-state index is 5.84. The predicted octanol–water partition coefficient (Wildman–Crippen LogP) is 3.15. The summed E-state index contributed by atoms with van der Waals surface area (Å²) in [5.74, 6) is 1.72. The zero-order valence-corrected chi connectivity index (χ0v) is 11.3. The first-order chi connectivity index (χ1) is 9.19. The lowest BCUT2D eigenvalue weighted by molar-refractivity contribution is 0.216. The zero-order valence-electron chi connectivity index (χ0n) is 11.3. The summed E-state index contributed by atoms with van der Waals surface area (Å²) in [6, 6.07) is 11.7. The molecule has 100 valence electrons. The molecule has 19 heavy (non-hydrogen) atoms. The molecular weight excluding hydrogens is 238 g/mol. The zero-order chi connectivity index (χ0) is 13.7. The van der Waals surface area contributed by atoms with Crippen LogP contribution >= 0.6 is 0 Å². The summed E-state index contributed by atoms with van der Waals surface area (Å²) in [4.78, 5) is 8.57. The molecule has 1 aromatic carbocycles. The van der Waals surface area contributed by atoms with E-state index in [2.05, 4.69) is 16.9 Å². The molecule has 2 N–H and O–H groups in total. The van der Waals surface area contributed by atoms with Crippen LogP contribution in [0.15, 0.2) is 36.4 Å². The van der Waals surface area contributed by atoms with Crippen LogP contribution in [0, 0.1) is 0 Å². The summed E-state index contributed by atoms with van der Waals surface area (Å²) in [7, 11) is 0. The molecule has 0 saturated heterocycles. The number of benzene rings is 1. The van der Waals surface area contributed by atoms with Crippen molar-refractivity contribution in [2.24, 2.45) is 0 Å². The standard InChI is InChI=1S/C15H19N3O/c1-3-7-14-17-13(16)10-15(18-14)19-11(2)12-8-5-4-6-9-12/h4-6,8-11H,3,7H2,1-2H3,(H2,16,17,18). The summed E-state index contributed by atoms with van der Waals surface area (Å²) in [5.41, 5.74) is 6.88. The minimum Gasteiger partial charge on any atom is -0.470 e. The van der Waals surface area contributed by atoms with Gasteiger partial charge in [0.1, 0.15) is 17.7 Å². The Morgan fingerprint density at radius 2 is 1.95 bits per heavy atom. The SMILES string of the molecule is CCCc1nc(N)cc(OC(C)c2ccccc2)n1. The fourth-order valence-electron chi connectivity index (χ4n) is 1.86. The average molecular weight is 257 g/mol. The van der Waals surface area contributed by atoms with E-state index in [4.69, 9.17) is 10.5 Å². The third-order valence-corrected chi connectivity index (χ3v) is 2.81. The predicted molar refractivity (Wildman–Crippen MR) is 75.9 cm³/mol. The van der Waals surface area contributed by atoms with Crippen molar-refractivity contribution < 1.29 is 4.74 Å². The fraction of sp³-hybridized carbons (Fsp3) is 0.333. The molecule has 0 radical (unpaired) electrons. The summed E-state index contributed by atoms with van der Waals surface area (Å²) >= 11 is 0. The highest BCUT2D eigenvalue weighted by atomic mass is 16.5. The van der Waals surface area contributed by atoms with Crippen LogP contribution in [0.1, 0.15) is 37.8 Å². The second kappa shape index (κ2) is 6.18. The van der Waals surface area contributed by atoms with Crippen LogP contribution in [0.5, 0.6) is 5.88 Å². The first-order valence-electron chi connectivity index (χ1n) is 6.54. The van der Waals surface area contributed by atoms with Crippen molar-refractivity contribution in [1.29, 1.82) is 0 Å². The van der Waals surface area contributed by atoms with Gasteiger partial charge < -0.3 is 10.5 Å². The van der Waals surface area contributed by atoms with Gasteiger partial charge in [-0.05, 0) is 18.9 Å². The minimum atomic E-state index is -0.0648. The van der Waals surface area contributed by atoms with Gasteiger partial charge in [0.15, 0.2) is 0 Å². The molecule has 0 saturated carbocycles. The van der Waals surface area contributed by atoms with Gasteiger partial charge in [-0.2, -0.15) is 4.98 Å². The summed E-state index contributed by atoms with van der Waals surface area (Å²) < 4.78 is 5.84. The van der Waals surface area contributed by atoms with Crippen molar-refractivity contribution >= 4 is 5.82 Å². The molecule has 1 unspecified atom stereocenters. The average Bonchev–Trinajstić information content (AvgIpc) is 2.39. The second-order valence-electron chi connectivity index (χ2n) is 4.47. The van der Waals surface area contributed by atoms with Crippen LogP contribution in [0.2, 0.25) is 0 Å². The Labute approximate surface area is 113 Å². The first-order valence-corrected chi connectivity index (χ1v) is 6.54. The molecule has 0 bridgehead atoms. The molecule has 0 amide bonds. The normalized spacial score (nSPS) is 12.1. The number of rotatable bonds is 5. The Morgan fingerprint density at radius 1 is 1.21 bits per heavy atom. The van der Waals surface area contributed by atoms with Gasteiger partial charge in [-0.3, -0.25) is 0 Å². The van der Waals surface area contributed by atoms with Crippen molar-refractivity contribution in [1.82, 2.24) is 9.97 Å². The number of aromatic nitrogens is 2. The summed E-state index contributed by atoms with van der Waals surface area (Å²) in [6.45, 7) is 4.08. The van der Waals surface area contributed by atoms with E-state index in [0.717, 1.165) is 24.2 Å². The van der Waals surface area contributed by atoms with Gasteiger partial charge >= 0.3 is 0 Å². The maximum Gasteiger partial charge on any atom is 0.219 e. The van der Waals surface area contributed by atoms with Crippen molar-refractivity contribution in [3.8, 4) is 5.88 Å². The van der Waals surface area contributed by atoms with E-state index in [0.29, 0.717) is 11.7 Å². The van der Waals surface area contributed by atoms with Gasteiger partial charge in [-0.15, -0.1) is 0 Å². The Hall–Kier alpha value is -2.10. The molecule has 1 heterocycles. The fourth-order valence-corrected chi connectivity index (χ4v) is 1.86. The molecule has 4 nitrogen and oxygen atoms in total. The minimum absolute atomic E-state index is 0.0648. The van der Waals surface area contributed by atoms with E-state index in [9.17, 15) is 0 Å². The van der Waals surface area contributed by atoms with Gasteiger partial charge in [0, 0.05) is 12.5 Å². The van der Waals surface area contributed by atoms with Crippen molar-refractivity contribution in [3.05, 3.63) is 47.8 Å². The Bertz CT molecular complexity index is 528. The molecular formula is C15H19N3O. The monoisotopic (exact) mass is 257 g/mol. The van der Waals surface area contributed by atoms with Crippen molar-refractivity contribution in [2.75, 3.05) is 5.73 Å². The van der Waals surface area contributed by atoms with Crippen LogP contribution < -0.4 is 10.5 Å². The highest BCUT2D eigenvalue weighted by molar-refractivity contribution is 5.33. The topological polar surface area (TPSA) is 61.0 Å². The van der Waals surface area contributed by atoms with Gasteiger partial charge in [0.25, 0.3) is 0 Å². The first kappa shape index (κ1) is 13.3. The quantitative estimate of drug-likeness (QED) is 0.893. The molecule has 0 fully saturated rings. The molecule has 1 atom stereocenters. The van der Waals surface area contributed by atoms with Crippen LogP contribution in [0.25, 0.3) is 0 Å². The third kappa shape index (κ3) is 3.68. The summed E-state index contributed by atoms with van der Waals surface area (Å²) in [6.07, 6.45) is 1.73. The highest BCUT2D eigenvalue weighted by Crippen LogP contribution is 2.21. The van der Waals surface area contributed by atoms with E-state index >= 15 is 0 Å². The molecule has 4 heteroatoms. The number of aryl methyl sites for hydroxylation is 1. The second-order valence-corrected chi connectivity index (χ2v) is 4.47. The molecule has 0 spiro atoms. The number of hydrogen-bond acceptors (Lipinski definition) is 4. The van der Waals surface area contributed by atoms with Crippen molar-refractivity contribution in [2.45, 2.75) is 32.8 Å². The number of hydrogen-bond donors (Lipinski definition) is 1. The third-order valence-electron chi connectivity index (χ3n) is 2.81.